The monoisotopic (exact) mass is 139 g/mol. The van der Waals surface area contributed by atoms with Gasteiger partial charge in [-0.2, -0.15) is 5.26 Å². The Hall–Kier alpha value is -1.35. The molecular formula is C4H7N6+. The smallest absolute Gasteiger partial charge is 0.245 e. The number of nitriles is 1. The summed E-state index contributed by atoms with van der Waals surface area (Å²) in [4.78, 5) is 0. The predicted octanol–water partition coefficient (Wildman–Crippen LogP) is -0.0121. The Kier molecular flexibility index (Phi) is 2.02. The molecule has 10 heavy (non-hydrogen) atoms. The summed E-state index contributed by atoms with van der Waals surface area (Å²) in [6.07, 6.45) is -0.130. The van der Waals surface area contributed by atoms with Crippen molar-refractivity contribution in [2.75, 3.05) is 6.67 Å². The van der Waals surface area contributed by atoms with Crippen molar-refractivity contribution in [3.63, 3.8) is 0 Å². The minimum Gasteiger partial charge on any atom is -0.290 e. The van der Waals surface area contributed by atoms with Crippen LogP contribution >= 0.6 is 0 Å². The lowest BCUT2D eigenvalue weighted by molar-refractivity contribution is -0.618. The fourth-order valence-corrected chi connectivity index (χ4v) is 0.571. The Morgan fingerprint density at radius 2 is 2.60 bits per heavy atom. The van der Waals surface area contributed by atoms with Crippen LogP contribution in [0.25, 0.3) is 0 Å². The maximum atomic E-state index is 8.24. The van der Waals surface area contributed by atoms with E-state index in [0.29, 0.717) is 6.67 Å². The van der Waals surface area contributed by atoms with Gasteiger partial charge in [-0.05, 0) is 5.11 Å². The maximum absolute atomic E-state index is 8.24. The lowest BCUT2D eigenvalue weighted by Crippen LogP contribution is -2.32. The van der Waals surface area contributed by atoms with Gasteiger partial charge in [0.05, 0.1) is 12.5 Å². The third kappa shape index (κ3) is 1.33. The second kappa shape index (κ2) is 2.98. The molecule has 0 fully saturated rings. The van der Waals surface area contributed by atoms with Crippen LogP contribution in [-0.4, -0.2) is 17.5 Å². The van der Waals surface area contributed by atoms with E-state index in [4.69, 9.17) is 11.0 Å². The van der Waals surface area contributed by atoms with Crippen molar-refractivity contribution < 1.29 is 4.70 Å². The minimum absolute atomic E-state index is 0.245. The quantitative estimate of drug-likeness (QED) is 0.545. The number of hydrogen-bond acceptors (Lipinski definition) is 5. The van der Waals surface area contributed by atoms with Gasteiger partial charge in [-0.3, -0.25) is 5.73 Å². The molecule has 0 saturated heterocycles. The van der Waals surface area contributed by atoms with E-state index in [1.54, 1.807) is 0 Å². The van der Waals surface area contributed by atoms with Gasteiger partial charge in [0.25, 0.3) is 0 Å². The lowest BCUT2D eigenvalue weighted by atomic mass is 10.4. The molecule has 52 valence electrons. The zero-order valence-electron chi connectivity index (χ0n) is 5.30. The maximum Gasteiger partial charge on any atom is 0.245 e. The number of nitrogens with two attached hydrogens (primary N) is 1. The second-order valence-corrected chi connectivity index (χ2v) is 1.83. The van der Waals surface area contributed by atoms with Gasteiger partial charge in [0, 0.05) is 0 Å². The highest BCUT2D eigenvalue weighted by Crippen LogP contribution is 1.98. The zero-order valence-corrected chi connectivity index (χ0v) is 5.30. The predicted molar refractivity (Wildman–Crippen MR) is 30.6 cm³/mol. The van der Waals surface area contributed by atoms with Crippen LogP contribution in [0.3, 0.4) is 0 Å². The first-order chi connectivity index (χ1) is 4.84. The van der Waals surface area contributed by atoms with Crippen molar-refractivity contribution in [3.05, 3.63) is 0 Å². The van der Waals surface area contributed by atoms with E-state index in [2.05, 4.69) is 15.6 Å². The molecule has 0 amide bonds. The van der Waals surface area contributed by atoms with Crippen molar-refractivity contribution >= 4 is 0 Å². The van der Waals surface area contributed by atoms with Crippen molar-refractivity contribution in [2.45, 2.75) is 12.6 Å². The Morgan fingerprint density at radius 1 is 1.80 bits per heavy atom. The molecule has 2 N–H and O–H groups in total. The van der Waals surface area contributed by atoms with E-state index in [9.17, 15) is 0 Å². The molecule has 0 radical (unpaired) electrons. The van der Waals surface area contributed by atoms with Gasteiger partial charge in [0.1, 0.15) is 0 Å². The van der Waals surface area contributed by atoms with E-state index in [-0.39, 0.29) is 12.6 Å². The van der Waals surface area contributed by atoms with Crippen LogP contribution in [0.2, 0.25) is 0 Å². The summed E-state index contributed by atoms with van der Waals surface area (Å²) in [6.45, 7) is 0.364. The highest BCUT2D eigenvalue weighted by molar-refractivity contribution is 4.71. The van der Waals surface area contributed by atoms with Gasteiger partial charge in [0.2, 0.25) is 11.9 Å². The summed E-state index contributed by atoms with van der Waals surface area (Å²) in [7, 11) is 0. The Balaban J connectivity index is 2.44. The molecule has 6 nitrogen and oxygen atoms in total. The zero-order chi connectivity index (χ0) is 7.40. The van der Waals surface area contributed by atoms with Crippen LogP contribution in [0.15, 0.2) is 15.6 Å². The molecule has 0 spiro atoms. The third-order valence-corrected chi connectivity index (χ3v) is 1.11. The molecule has 1 rings (SSSR count). The molecule has 0 aromatic carbocycles. The molecule has 6 heteroatoms. The lowest BCUT2D eigenvalue weighted by Gasteiger charge is -1.99. The van der Waals surface area contributed by atoms with Crippen LogP contribution in [0.5, 0.6) is 0 Å². The molecule has 0 aliphatic carbocycles. The fraction of sp³-hybridized carbons (Fsp3) is 0.750. The first-order valence-electron chi connectivity index (χ1n) is 2.81. The molecule has 0 bridgehead atoms. The van der Waals surface area contributed by atoms with Crippen LogP contribution < -0.4 is 5.73 Å². The van der Waals surface area contributed by atoms with Gasteiger partial charge < -0.3 is 0 Å². The van der Waals surface area contributed by atoms with E-state index in [0.717, 1.165) is 0 Å². The summed E-state index contributed by atoms with van der Waals surface area (Å²) in [5, 5.41) is 18.7. The Bertz CT molecular complexity index is 210. The van der Waals surface area contributed by atoms with E-state index < -0.39 is 0 Å². The topological polar surface area (TPSA) is 89.9 Å². The highest BCUT2D eigenvalue weighted by Gasteiger charge is 2.17. The molecule has 1 unspecified atom stereocenters. The summed E-state index contributed by atoms with van der Waals surface area (Å²) in [6, 6.07) is 1.93. The second-order valence-electron chi connectivity index (χ2n) is 1.83. The van der Waals surface area contributed by atoms with Crippen LogP contribution in [0.1, 0.15) is 6.42 Å². The van der Waals surface area contributed by atoms with E-state index >= 15 is 0 Å². The van der Waals surface area contributed by atoms with Crippen LogP contribution in [0.4, 0.5) is 0 Å². The summed E-state index contributed by atoms with van der Waals surface area (Å²) < 4.78 is 1.46. The third-order valence-electron chi connectivity index (χ3n) is 1.11. The summed E-state index contributed by atoms with van der Waals surface area (Å²) in [5.41, 5.74) is 5.48. The SMILES string of the molecule is N#CCC(N)[N+]1=NN=NC1. The van der Waals surface area contributed by atoms with E-state index in [1.807, 2.05) is 6.07 Å². The average Bonchev–Trinajstić information content (AvgIpc) is 2.38. The van der Waals surface area contributed by atoms with Gasteiger partial charge in [-0.15, -0.1) is 4.70 Å². The van der Waals surface area contributed by atoms with Gasteiger partial charge in [-0.1, -0.05) is 0 Å². The molecular weight excluding hydrogens is 132 g/mol. The normalized spacial score (nSPS) is 18.2. The number of nitrogens with zero attached hydrogens (tertiary/aromatic N) is 5. The number of hydrogen-bond donors (Lipinski definition) is 1. The standard InChI is InChI=1S/C4H7N6/c5-2-1-4(6)10-3-7-8-9-10/h4H,1,3,6H2/q+1. The first kappa shape index (κ1) is 6.77. The van der Waals surface area contributed by atoms with Crippen LogP contribution in [0, 0.1) is 11.3 Å². The highest BCUT2D eigenvalue weighted by atomic mass is 15.6. The van der Waals surface area contributed by atoms with Crippen molar-refractivity contribution in [3.8, 4) is 6.07 Å². The molecule has 0 aromatic rings. The fourth-order valence-electron chi connectivity index (χ4n) is 0.571. The van der Waals surface area contributed by atoms with Crippen LogP contribution in [-0.2, 0) is 0 Å². The van der Waals surface area contributed by atoms with Gasteiger partial charge in [-0.25, -0.2) is 0 Å². The Labute approximate surface area is 57.6 Å². The summed E-state index contributed by atoms with van der Waals surface area (Å²) in [5.74, 6) is 0. The molecule has 0 saturated carbocycles. The average molecular weight is 139 g/mol. The number of rotatable bonds is 2. The molecule has 0 aromatic heterocycles. The van der Waals surface area contributed by atoms with Gasteiger partial charge >= 0.3 is 0 Å². The molecule has 1 aliphatic heterocycles. The minimum atomic E-state index is -0.375. The van der Waals surface area contributed by atoms with Crippen molar-refractivity contribution in [1.29, 1.82) is 5.26 Å². The molecule has 1 atom stereocenters. The largest absolute Gasteiger partial charge is 0.290 e. The van der Waals surface area contributed by atoms with Crippen molar-refractivity contribution in [2.24, 2.45) is 21.3 Å². The molecule has 1 heterocycles. The molecule has 1 aliphatic rings. The Morgan fingerprint density at radius 3 is 3.10 bits per heavy atom. The van der Waals surface area contributed by atoms with Gasteiger partial charge in [0.15, 0.2) is 11.4 Å². The van der Waals surface area contributed by atoms with Crippen molar-refractivity contribution in [1.82, 2.24) is 0 Å². The first-order valence-corrected chi connectivity index (χ1v) is 2.81. The summed E-state index contributed by atoms with van der Waals surface area (Å²) >= 11 is 0. The van der Waals surface area contributed by atoms with E-state index in [1.165, 1.54) is 4.70 Å².